The molecule has 0 heterocycles. The van der Waals surface area contributed by atoms with Gasteiger partial charge in [-0.1, -0.05) is 29.8 Å². The number of anilines is 1. The van der Waals surface area contributed by atoms with Gasteiger partial charge < -0.3 is 5.73 Å². The smallest absolute Gasteiger partial charge is 0.145 e. The van der Waals surface area contributed by atoms with Gasteiger partial charge in [0.15, 0.2) is 0 Å². The number of halogens is 3. The molecule has 0 aliphatic heterocycles. The minimum absolute atomic E-state index is 0.323. The lowest BCUT2D eigenvalue weighted by Gasteiger charge is -2.08. The van der Waals surface area contributed by atoms with E-state index in [1.54, 1.807) is 36.4 Å². The molecule has 0 aromatic heterocycles. The van der Waals surface area contributed by atoms with Crippen LogP contribution in [0.4, 0.5) is 10.1 Å². The molecule has 0 saturated carbocycles. The van der Waals surface area contributed by atoms with Crippen molar-refractivity contribution in [2.75, 3.05) is 5.73 Å². The number of nitrogen functional groups attached to an aromatic ring is 1. The third-order valence-corrected chi connectivity index (χ3v) is 3.10. The summed E-state index contributed by atoms with van der Waals surface area (Å²) in [6.07, 6.45) is 0. The summed E-state index contributed by atoms with van der Waals surface area (Å²) in [4.78, 5) is 0. The van der Waals surface area contributed by atoms with E-state index in [-0.39, 0.29) is 5.82 Å². The monoisotopic (exact) mass is 299 g/mol. The molecule has 0 amide bonds. The van der Waals surface area contributed by atoms with Gasteiger partial charge in [0.05, 0.1) is 4.47 Å². The predicted molar refractivity (Wildman–Crippen MR) is 69.0 cm³/mol. The number of rotatable bonds is 1. The average molecular weight is 301 g/mol. The zero-order chi connectivity index (χ0) is 11.7. The molecule has 0 atom stereocenters. The molecule has 0 bridgehead atoms. The van der Waals surface area contributed by atoms with E-state index >= 15 is 0 Å². The third kappa shape index (κ3) is 2.06. The topological polar surface area (TPSA) is 26.0 Å². The van der Waals surface area contributed by atoms with Gasteiger partial charge in [0, 0.05) is 21.8 Å². The van der Waals surface area contributed by atoms with Crippen molar-refractivity contribution in [3.05, 3.63) is 51.7 Å². The van der Waals surface area contributed by atoms with E-state index in [0.29, 0.717) is 26.3 Å². The summed E-state index contributed by atoms with van der Waals surface area (Å²) in [5, 5.41) is 0.539. The first-order valence-corrected chi connectivity index (χ1v) is 5.76. The number of nitrogens with two attached hydrogens (primary N) is 1. The van der Waals surface area contributed by atoms with Crippen LogP contribution >= 0.6 is 27.5 Å². The largest absolute Gasteiger partial charge is 0.398 e. The fourth-order valence-electron chi connectivity index (χ4n) is 1.49. The molecule has 0 aliphatic carbocycles. The molecule has 2 aromatic rings. The number of hydrogen-bond donors (Lipinski definition) is 1. The van der Waals surface area contributed by atoms with Crippen molar-refractivity contribution in [2.24, 2.45) is 0 Å². The molecule has 2 rings (SSSR count). The van der Waals surface area contributed by atoms with Crippen molar-refractivity contribution in [1.29, 1.82) is 0 Å². The fraction of sp³-hybridized carbons (Fsp3) is 0. The van der Waals surface area contributed by atoms with Crippen LogP contribution in [0.2, 0.25) is 5.02 Å². The van der Waals surface area contributed by atoms with Crippen molar-refractivity contribution >= 4 is 33.2 Å². The minimum atomic E-state index is -0.323. The molecular weight excluding hydrogens is 292 g/mol. The Labute approximate surface area is 106 Å². The Morgan fingerprint density at radius 2 is 1.88 bits per heavy atom. The molecule has 0 saturated heterocycles. The fourth-order valence-corrected chi connectivity index (χ4v) is 2.04. The highest BCUT2D eigenvalue weighted by Gasteiger charge is 2.10. The van der Waals surface area contributed by atoms with E-state index in [9.17, 15) is 4.39 Å². The Morgan fingerprint density at radius 3 is 2.56 bits per heavy atom. The van der Waals surface area contributed by atoms with Gasteiger partial charge in [-0.15, -0.1) is 0 Å². The summed E-state index contributed by atoms with van der Waals surface area (Å²) in [6, 6.07) is 10.1. The van der Waals surface area contributed by atoms with Crippen LogP contribution < -0.4 is 5.73 Å². The van der Waals surface area contributed by atoms with Gasteiger partial charge in [-0.2, -0.15) is 0 Å². The van der Waals surface area contributed by atoms with Crippen molar-refractivity contribution in [2.45, 2.75) is 0 Å². The van der Waals surface area contributed by atoms with Gasteiger partial charge in [-0.25, -0.2) is 4.39 Å². The lowest BCUT2D eigenvalue weighted by atomic mass is 10.0. The molecule has 82 valence electrons. The van der Waals surface area contributed by atoms with E-state index in [1.165, 1.54) is 0 Å². The number of hydrogen-bond acceptors (Lipinski definition) is 1. The minimum Gasteiger partial charge on any atom is -0.398 e. The Hall–Kier alpha value is -1.06. The predicted octanol–water partition coefficient (Wildman–Crippen LogP) is 4.49. The standard InChI is InChI=1S/C12H8BrClFN/c13-10-3-1-2-9(12(10)15)8-5-4-7(14)6-11(8)16/h1-6H,16H2. The van der Waals surface area contributed by atoms with Crippen molar-refractivity contribution in [3.63, 3.8) is 0 Å². The molecular formula is C12H8BrClFN. The van der Waals surface area contributed by atoms with Crippen LogP contribution in [0.1, 0.15) is 0 Å². The first kappa shape index (κ1) is 11.4. The van der Waals surface area contributed by atoms with E-state index in [0.717, 1.165) is 0 Å². The molecule has 0 aliphatic rings. The lowest BCUT2D eigenvalue weighted by Crippen LogP contribution is -1.92. The maximum atomic E-state index is 13.8. The van der Waals surface area contributed by atoms with Gasteiger partial charge >= 0.3 is 0 Å². The maximum Gasteiger partial charge on any atom is 0.145 e. The molecule has 0 fully saturated rings. The molecule has 0 unspecified atom stereocenters. The maximum absolute atomic E-state index is 13.8. The number of benzene rings is 2. The van der Waals surface area contributed by atoms with E-state index in [4.69, 9.17) is 17.3 Å². The van der Waals surface area contributed by atoms with Gasteiger partial charge in [0.25, 0.3) is 0 Å². The van der Waals surface area contributed by atoms with Crippen LogP contribution in [0.25, 0.3) is 11.1 Å². The van der Waals surface area contributed by atoms with Crippen LogP contribution in [-0.2, 0) is 0 Å². The molecule has 2 N–H and O–H groups in total. The molecule has 0 radical (unpaired) electrons. The van der Waals surface area contributed by atoms with Crippen molar-refractivity contribution in [1.82, 2.24) is 0 Å². The molecule has 1 nitrogen and oxygen atoms in total. The second-order valence-corrected chi connectivity index (χ2v) is 4.62. The normalized spacial score (nSPS) is 10.4. The summed E-state index contributed by atoms with van der Waals surface area (Å²) in [6.45, 7) is 0. The average Bonchev–Trinajstić information content (AvgIpc) is 2.23. The highest BCUT2D eigenvalue weighted by atomic mass is 79.9. The van der Waals surface area contributed by atoms with Gasteiger partial charge in [0.1, 0.15) is 5.82 Å². The second-order valence-electron chi connectivity index (χ2n) is 3.33. The highest BCUT2D eigenvalue weighted by molar-refractivity contribution is 9.10. The van der Waals surface area contributed by atoms with Gasteiger partial charge in [-0.05, 0) is 34.1 Å². The summed E-state index contributed by atoms with van der Waals surface area (Å²) < 4.78 is 14.2. The lowest BCUT2D eigenvalue weighted by molar-refractivity contribution is 0.625. The molecule has 4 heteroatoms. The van der Waals surface area contributed by atoms with Crippen LogP contribution in [0.5, 0.6) is 0 Å². The quantitative estimate of drug-likeness (QED) is 0.772. The summed E-state index contributed by atoms with van der Waals surface area (Å²) in [7, 11) is 0. The van der Waals surface area contributed by atoms with Crippen LogP contribution in [0, 0.1) is 5.82 Å². The summed E-state index contributed by atoms with van der Waals surface area (Å²) in [5.74, 6) is -0.323. The van der Waals surface area contributed by atoms with E-state index in [1.807, 2.05) is 0 Å². The summed E-state index contributed by atoms with van der Waals surface area (Å²) >= 11 is 8.93. The highest BCUT2D eigenvalue weighted by Crippen LogP contribution is 2.32. The first-order valence-electron chi connectivity index (χ1n) is 4.59. The Kier molecular flexibility index (Phi) is 3.17. The van der Waals surface area contributed by atoms with E-state index in [2.05, 4.69) is 15.9 Å². The van der Waals surface area contributed by atoms with Crippen LogP contribution in [0.3, 0.4) is 0 Å². The van der Waals surface area contributed by atoms with E-state index < -0.39 is 0 Å². The molecule has 2 aromatic carbocycles. The SMILES string of the molecule is Nc1cc(Cl)ccc1-c1cccc(Br)c1F. The molecule has 16 heavy (non-hydrogen) atoms. The first-order chi connectivity index (χ1) is 7.59. The Balaban J connectivity index is 2.63. The summed E-state index contributed by atoms with van der Waals surface area (Å²) in [5.41, 5.74) is 7.37. The van der Waals surface area contributed by atoms with Crippen molar-refractivity contribution < 1.29 is 4.39 Å². The van der Waals surface area contributed by atoms with Crippen LogP contribution in [-0.4, -0.2) is 0 Å². The zero-order valence-corrected chi connectivity index (χ0v) is 10.5. The Bertz CT molecular complexity index is 543. The van der Waals surface area contributed by atoms with Crippen molar-refractivity contribution in [3.8, 4) is 11.1 Å². The third-order valence-electron chi connectivity index (χ3n) is 2.26. The van der Waals surface area contributed by atoms with Gasteiger partial charge in [0.2, 0.25) is 0 Å². The Morgan fingerprint density at radius 1 is 1.12 bits per heavy atom. The second kappa shape index (κ2) is 4.44. The van der Waals surface area contributed by atoms with Gasteiger partial charge in [-0.3, -0.25) is 0 Å². The zero-order valence-electron chi connectivity index (χ0n) is 8.18. The van der Waals surface area contributed by atoms with Crippen LogP contribution in [0.15, 0.2) is 40.9 Å². The molecule has 0 spiro atoms.